The molecule has 0 aliphatic rings. The van der Waals surface area contributed by atoms with Crippen molar-refractivity contribution in [2.45, 2.75) is 58.0 Å². The standard InChI is InChI=1S/C22H32O3/c1-2-21(23)19-17-15-13-11-9-7-5-3-4-6-8-10-12-14-16-18-20-22(24)25/h3-4,8-11,13-17,19,21,23H,2,5-7,12,18,20H2,1H3,(H,24,25)/b4-3-,10-8-,11-9+,15-13-,16-14-,19-17+. The first-order valence-electron chi connectivity index (χ1n) is 9.01. The Bertz CT molecular complexity index is 493. The van der Waals surface area contributed by atoms with Gasteiger partial charge in [-0.3, -0.25) is 4.79 Å². The van der Waals surface area contributed by atoms with E-state index in [0.29, 0.717) is 6.42 Å². The predicted octanol–water partition coefficient (Wildman–Crippen LogP) is 5.52. The first-order valence-corrected chi connectivity index (χ1v) is 9.01. The molecule has 0 heterocycles. The lowest BCUT2D eigenvalue weighted by molar-refractivity contribution is -0.136. The normalized spacial score (nSPS) is 14.3. The molecule has 3 nitrogen and oxygen atoms in total. The molecule has 0 saturated carbocycles. The Labute approximate surface area is 152 Å². The molecule has 138 valence electrons. The number of carboxylic acids is 1. The Morgan fingerprint density at radius 2 is 1.36 bits per heavy atom. The number of hydrogen-bond acceptors (Lipinski definition) is 2. The van der Waals surface area contributed by atoms with Gasteiger partial charge in [-0.15, -0.1) is 0 Å². The van der Waals surface area contributed by atoms with E-state index < -0.39 is 5.97 Å². The van der Waals surface area contributed by atoms with Crippen LogP contribution in [0.15, 0.2) is 72.9 Å². The maximum absolute atomic E-state index is 10.3. The van der Waals surface area contributed by atoms with Gasteiger partial charge in [-0.1, -0.05) is 79.8 Å². The fourth-order valence-electron chi connectivity index (χ4n) is 1.81. The minimum Gasteiger partial charge on any atom is -0.481 e. The maximum atomic E-state index is 10.3. The first-order chi connectivity index (χ1) is 12.2. The molecule has 0 saturated heterocycles. The molecule has 0 amide bonds. The van der Waals surface area contributed by atoms with Crippen molar-refractivity contribution in [3.05, 3.63) is 72.9 Å². The van der Waals surface area contributed by atoms with Gasteiger partial charge in [-0.05, 0) is 38.5 Å². The number of allylic oxidation sites excluding steroid dienone is 11. The molecule has 1 atom stereocenters. The molecule has 0 aliphatic carbocycles. The van der Waals surface area contributed by atoms with Crippen LogP contribution in [0.3, 0.4) is 0 Å². The predicted molar refractivity (Wildman–Crippen MR) is 106 cm³/mol. The Balaban J connectivity index is 3.58. The third-order valence-electron chi connectivity index (χ3n) is 3.29. The number of unbranched alkanes of at least 4 members (excludes halogenated alkanes) is 1. The van der Waals surface area contributed by atoms with Gasteiger partial charge in [0.25, 0.3) is 0 Å². The highest BCUT2D eigenvalue weighted by Gasteiger charge is 1.90. The molecule has 0 aliphatic heterocycles. The third-order valence-corrected chi connectivity index (χ3v) is 3.29. The average Bonchev–Trinajstić information content (AvgIpc) is 2.60. The van der Waals surface area contributed by atoms with Crippen molar-refractivity contribution in [3.63, 3.8) is 0 Å². The van der Waals surface area contributed by atoms with E-state index in [-0.39, 0.29) is 12.5 Å². The Kier molecular flexibility index (Phi) is 16.7. The fraction of sp³-hybridized carbons (Fsp3) is 0.409. The summed E-state index contributed by atoms with van der Waals surface area (Å²) in [6, 6.07) is 0. The van der Waals surface area contributed by atoms with Crippen LogP contribution in [0.2, 0.25) is 0 Å². The molecule has 2 N–H and O–H groups in total. The zero-order valence-electron chi connectivity index (χ0n) is 15.3. The number of rotatable bonds is 14. The summed E-state index contributed by atoms with van der Waals surface area (Å²) in [6.07, 6.45) is 29.2. The minimum atomic E-state index is -0.750. The van der Waals surface area contributed by atoms with Crippen molar-refractivity contribution in [2.24, 2.45) is 0 Å². The van der Waals surface area contributed by atoms with Gasteiger partial charge >= 0.3 is 5.97 Å². The maximum Gasteiger partial charge on any atom is 0.303 e. The van der Waals surface area contributed by atoms with E-state index >= 15 is 0 Å². The summed E-state index contributed by atoms with van der Waals surface area (Å²) in [6.45, 7) is 1.95. The molecule has 0 bridgehead atoms. The fourth-order valence-corrected chi connectivity index (χ4v) is 1.81. The monoisotopic (exact) mass is 344 g/mol. The highest BCUT2D eigenvalue weighted by molar-refractivity contribution is 5.66. The van der Waals surface area contributed by atoms with Crippen LogP contribution in [-0.2, 0) is 4.79 Å². The highest BCUT2D eigenvalue weighted by atomic mass is 16.4. The smallest absolute Gasteiger partial charge is 0.303 e. The van der Waals surface area contributed by atoms with Gasteiger partial charge < -0.3 is 10.2 Å². The van der Waals surface area contributed by atoms with Crippen LogP contribution in [-0.4, -0.2) is 22.3 Å². The van der Waals surface area contributed by atoms with Crippen molar-refractivity contribution in [1.29, 1.82) is 0 Å². The van der Waals surface area contributed by atoms with E-state index in [1.165, 1.54) is 0 Å². The van der Waals surface area contributed by atoms with Gasteiger partial charge in [0.15, 0.2) is 0 Å². The van der Waals surface area contributed by atoms with Crippen molar-refractivity contribution >= 4 is 5.97 Å². The van der Waals surface area contributed by atoms with Gasteiger partial charge in [0.1, 0.15) is 0 Å². The van der Waals surface area contributed by atoms with Gasteiger partial charge in [-0.2, -0.15) is 0 Å². The summed E-state index contributed by atoms with van der Waals surface area (Å²) in [5, 5.41) is 17.8. The average molecular weight is 344 g/mol. The molecule has 0 aromatic heterocycles. The quantitative estimate of drug-likeness (QED) is 0.248. The van der Waals surface area contributed by atoms with Gasteiger partial charge in [0.05, 0.1) is 6.10 Å². The Hall–Kier alpha value is -2.13. The molecule has 1 unspecified atom stereocenters. The minimum absolute atomic E-state index is 0.200. The summed E-state index contributed by atoms with van der Waals surface area (Å²) < 4.78 is 0. The summed E-state index contributed by atoms with van der Waals surface area (Å²) in [7, 11) is 0. The van der Waals surface area contributed by atoms with Crippen LogP contribution >= 0.6 is 0 Å². The topological polar surface area (TPSA) is 57.5 Å². The summed E-state index contributed by atoms with van der Waals surface area (Å²) >= 11 is 0. The Morgan fingerprint density at radius 3 is 2.00 bits per heavy atom. The number of aliphatic carboxylic acids is 1. The van der Waals surface area contributed by atoms with Crippen molar-refractivity contribution < 1.29 is 15.0 Å². The second-order valence-corrected chi connectivity index (χ2v) is 5.57. The SMILES string of the molecule is CCC(O)/C=C/C=C\C=C\CC/C=C\C/C=C\C/C=C\CCC(=O)O. The second-order valence-electron chi connectivity index (χ2n) is 5.57. The van der Waals surface area contributed by atoms with Crippen LogP contribution in [0.4, 0.5) is 0 Å². The molecule has 0 radical (unpaired) electrons. The van der Waals surface area contributed by atoms with Crippen molar-refractivity contribution in [3.8, 4) is 0 Å². The van der Waals surface area contributed by atoms with Crippen LogP contribution in [0, 0.1) is 0 Å². The van der Waals surface area contributed by atoms with Crippen LogP contribution in [0.25, 0.3) is 0 Å². The van der Waals surface area contributed by atoms with E-state index in [4.69, 9.17) is 5.11 Å². The zero-order valence-corrected chi connectivity index (χ0v) is 15.3. The Morgan fingerprint density at radius 1 is 0.800 bits per heavy atom. The molecule has 0 aromatic rings. The highest BCUT2D eigenvalue weighted by Crippen LogP contribution is 1.98. The number of carboxylic acid groups (broad SMARTS) is 1. The van der Waals surface area contributed by atoms with E-state index in [1.54, 1.807) is 6.08 Å². The van der Waals surface area contributed by atoms with Crippen LogP contribution in [0.1, 0.15) is 51.9 Å². The third kappa shape index (κ3) is 19.8. The molecule has 0 fully saturated rings. The van der Waals surface area contributed by atoms with Crippen LogP contribution < -0.4 is 0 Å². The lowest BCUT2D eigenvalue weighted by Crippen LogP contribution is -1.97. The molecule has 0 spiro atoms. The lowest BCUT2D eigenvalue weighted by atomic mass is 10.2. The van der Waals surface area contributed by atoms with Gasteiger partial charge in [-0.25, -0.2) is 0 Å². The molecule has 3 heteroatoms. The molecular weight excluding hydrogens is 312 g/mol. The summed E-state index contributed by atoms with van der Waals surface area (Å²) in [5.74, 6) is -0.750. The number of aliphatic hydroxyl groups is 1. The van der Waals surface area contributed by atoms with Crippen molar-refractivity contribution in [2.75, 3.05) is 0 Å². The molecule has 0 rings (SSSR count). The van der Waals surface area contributed by atoms with Crippen molar-refractivity contribution in [1.82, 2.24) is 0 Å². The van der Waals surface area contributed by atoms with E-state index in [9.17, 15) is 9.90 Å². The van der Waals surface area contributed by atoms with E-state index in [2.05, 4.69) is 30.4 Å². The van der Waals surface area contributed by atoms with E-state index in [1.807, 2.05) is 43.4 Å². The molecule has 0 aromatic carbocycles. The largest absolute Gasteiger partial charge is 0.481 e. The van der Waals surface area contributed by atoms with E-state index in [0.717, 1.165) is 32.1 Å². The number of hydrogen-bond donors (Lipinski definition) is 2. The van der Waals surface area contributed by atoms with Gasteiger partial charge in [0, 0.05) is 6.42 Å². The molecule has 25 heavy (non-hydrogen) atoms. The number of aliphatic hydroxyl groups excluding tert-OH is 1. The van der Waals surface area contributed by atoms with Gasteiger partial charge in [0.2, 0.25) is 0 Å². The zero-order chi connectivity index (χ0) is 18.6. The molecular formula is C22H32O3. The number of carbonyl (C=O) groups is 1. The first kappa shape index (κ1) is 22.9. The van der Waals surface area contributed by atoms with Crippen LogP contribution in [0.5, 0.6) is 0 Å². The summed E-state index contributed by atoms with van der Waals surface area (Å²) in [4.78, 5) is 10.3. The second kappa shape index (κ2) is 18.2. The lowest BCUT2D eigenvalue weighted by Gasteiger charge is -1.95. The summed E-state index contributed by atoms with van der Waals surface area (Å²) in [5.41, 5.74) is 0.